The predicted molar refractivity (Wildman–Crippen MR) is 108 cm³/mol. The van der Waals surface area contributed by atoms with E-state index in [1.54, 1.807) is 35.8 Å². The third-order valence-electron chi connectivity index (χ3n) is 4.15. The van der Waals surface area contributed by atoms with Crippen molar-refractivity contribution < 1.29 is 9.53 Å². The standard InChI is InChI=1S/C21H22ClN3O2/c1-3-5-6-17-14-19(25-20(24-17)11-12-23-25)18(21(26)27-4-2)13-15-7-9-16(22)10-8-15/h7-14H,3-6H2,1-2H3/b18-13+. The lowest BCUT2D eigenvalue weighted by Crippen LogP contribution is -2.12. The molecule has 0 saturated heterocycles. The Balaban J connectivity index is 2.14. The molecule has 0 aliphatic heterocycles. The summed E-state index contributed by atoms with van der Waals surface area (Å²) in [4.78, 5) is 17.4. The van der Waals surface area contributed by atoms with Crippen molar-refractivity contribution in [3.63, 3.8) is 0 Å². The molecule has 27 heavy (non-hydrogen) atoms. The summed E-state index contributed by atoms with van der Waals surface area (Å²) in [6, 6.07) is 11.1. The Bertz CT molecular complexity index is 961. The molecule has 0 bridgehead atoms. The van der Waals surface area contributed by atoms with Crippen LogP contribution in [0.5, 0.6) is 0 Å². The maximum absolute atomic E-state index is 12.7. The van der Waals surface area contributed by atoms with Crippen molar-refractivity contribution in [2.24, 2.45) is 0 Å². The number of hydrogen-bond acceptors (Lipinski definition) is 4. The van der Waals surface area contributed by atoms with Crippen LogP contribution in [0, 0.1) is 0 Å². The van der Waals surface area contributed by atoms with Crippen LogP contribution < -0.4 is 0 Å². The second kappa shape index (κ2) is 8.82. The van der Waals surface area contributed by atoms with Gasteiger partial charge in [-0.15, -0.1) is 0 Å². The van der Waals surface area contributed by atoms with Crippen molar-refractivity contribution >= 4 is 34.9 Å². The first-order valence-electron chi connectivity index (χ1n) is 9.10. The minimum Gasteiger partial charge on any atom is -0.462 e. The van der Waals surface area contributed by atoms with Gasteiger partial charge in [0.25, 0.3) is 0 Å². The molecule has 0 radical (unpaired) electrons. The molecule has 0 aliphatic rings. The summed E-state index contributed by atoms with van der Waals surface area (Å²) in [7, 11) is 0. The van der Waals surface area contributed by atoms with Crippen molar-refractivity contribution in [2.45, 2.75) is 33.1 Å². The van der Waals surface area contributed by atoms with Gasteiger partial charge < -0.3 is 4.74 Å². The van der Waals surface area contributed by atoms with Gasteiger partial charge in [0.05, 0.1) is 24.1 Å². The highest BCUT2D eigenvalue weighted by molar-refractivity contribution is 6.30. The second-order valence-electron chi connectivity index (χ2n) is 6.17. The number of unbranched alkanes of at least 4 members (excludes halogenated alkanes) is 1. The maximum Gasteiger partial charge on any atom is 0.340 e. The van der Waals surface area contributed by atoms with E-state index in [0.717, 1.165) is 30.5 Å². The molecule has 140 valence electrons. The summed E-state index contributed by atoms with van der Waals surface area (Å²) in [5, 5.41) is 4.99. The number of nitrogens with zero attached hydrogens (tertiary/aromatic N) is 3. The molecule has 6 heteroatoms. The Kier molecular flexibility index (Phi) is 6.24. The van der Waals surface area contributed by atoms with Gasteiger partial charge in [0.2, 0.25) is 0 Å². The summed E-state index contributed by atoms with van der Waals surface area (Å²) in [6.45, 7) is 4.23. The zero-order valence-corrected chi connectivity index (χ0v) is 16.2. The molecule has 0 saturated carbocycles. The van der Waals surface area contributed by atoms with Gasteiger partial charge in [-0.2, -0.15) is 5.10 Å². The zero-order chi connectivity index (χ0) is 19.2. The summed E-state index contributed by atoms with van der Waals surface area (Å²) < 4.78 is 6.98. The molecular weight excluding hydrogens is 362 g/mol. The van der Waals surface area contributed by atoms with E-state index in [9.17, 15) is 4.79 Å². The number of hydrogen-bond donors (Lipinski definition) is 0. The van der Waals surface area contributed by atoms with Crippen molar-refractivity contribution in [2.75, 3.05) is 6.61 Å². The van der Waals surface area contributed by atoms with Crippen molar-refractivity contribution in [1.29, 1.82) is 0 Å². The van der Waals surface area contributed by atoms with Crippen LogP contribution in [-0.4, -0.2) is 27.2 Å². The first-order chi connectivity index (χ1) is 13.1. The van der Waals surface area contributed by atoms with E-state index in [1.165, 1.54) is 0 Å². The number of esters is 1. The molecule has 2 heterocycles. The largest absolute Gasteiger partial charge is 0.462 e. The lowest BCUT2D eigenvalue weighted by molar-refractivity contribution is -0.136. The van der Waals surface area contributed by atoms with E-state index < -0.39 is 5.97 Å². The Hall–Kier alpha value is -2.66. The summed E-state index contributed by atoms with van der Waals surface area (Å²) >= 11 is 5.98. The fraction of sp³-hybridized carbons (Fsp3) is 0.286. The fourth-order valence-electron chi connectivity index (χ4n) is 2.81. The highest BCUT2D eigenvalue weighted by Crippen LogP contribution is 2.23. The van der Waals surface area contributed by atoms with Gasteiger partial charge in [0.1, 0.15) is 0 Å². The number of carbonyl (C=O) groups excluding carboxylic acids is 1. The van der Waals surface area contributed by atoms with Crippen LogP contribution >= 0.6 is 11.6 Å². The monoisotopic (exact) mass is 383 g/mol. The Labute approximate surface area is 163 Å². The van der Waals surface area contributed by atoms with Crippen LogP contribution in [0.4, 0.5) is 0 Å². The number of carbonyl (C=O) groups is 1. The average Bonchev–Trinajstić information content (AvgIpc) is 3.14. The SMILES string of the molecule is CCCCc1cc(/C(=C\c2ccc(Cl)cc2)C(=O)OCC)n2nccc2n1. The van der Waals surface area contributed by atoms with E-state index in [4.69, 9.17) is 16.3 Å². The second-order valence-corrected chi connectivity index (χ2v) is 6.60. The highest BCUT2D eigenvalue weighted by Gasteiger charge is 2.19. The number of aryl methyl sites for hydroxylation is 1. The van der Waals surface area contributed by atoms with Gasteiger partial charge in [-0.1, -0.05) is 37.1 Å². The lowest BCUT2D eigenvalue weighted by Gasteiger charge is -2.11. The number of ether oxygens (including phenoxy) is 1. The van der Waals surface area contributed by atoms with Gasteiger partial charge >= 0.3 is 5.97 Å². The molecule has 0 aliphatic carbocycles. The molecule has 2 aromatic heterocycles. The van der Waals surface area contributed by atoms with Crippen LogP contribution in [-0.2, 0) is 16.0 Å². The molecule has 0 fully saturated rings. The summed E-state index contributed by atoms with van der Waals surface area (Å²) in [5.41, 5.74) is 3.61. The van der Waals surface area contributed by atoms with Crippen molar-refractivity contribution in [1.82, 2.24) is 14.6 Å². The molecular formula is C21H22ClN3O2. The fourth-order valence-corrected chi connectivity index (χ4v) is 2.94. The summed E-state index contributed by atoms with van der Waals surface area (Å²) in [6.07, 6.45) is 6.44. The minimum absolute atomic E-state index is 0.298. The van der Waals surface area contributed by atoms with Gasteiger partial charge in [-0.05, 0) is 49.6 Å². The lowest BCUT2D eigenvalue weighted by atomic mass is 10.1. The van der Waals surface area contributed by atoms with Gasteiger partial charge in [-0.3, -0.25) is 0 Å². The molecule has 0 spiro atoms. The normalized spacial score (nSPS) is 11.7. The first-order valence-corrected chi connectivity index (χ1v) is 9.48. The topological polar surface area (TPSA) is 56.5 Å². The number of benzene rings is 1. The van der Waals surface area contributed by atoms with Crippen LogP contribution in [0.2, 0.25) is 5.02 Å². The molecule has 1 aromatic carbocycles. The van der Waals surface area contributed by atoms with Gasteiger partial charge in [0.15, 0.2) is 5.65 Å². The molecule has 3 rings (SSSR count). The van der Waals surface area contributed by atoms with Crippen LogP contribution in [0.15, 0.2) is 42.6 Å². The molecule has 0 atom stereocenters. The third kappa shape index (κ3) is 4.55. The summed E-state index contributed by atoms with van der Waals surface area (Å²) in [5.74, 6) is -0.392. The first kappa shape index (κ1) is 19.1. The number of halogens is 1. The average molecular weight is 384 g/mol. The van der Waals surface area contributed by atoms with E-state index in [0.29, 0.717) is 28.5 Å². The predicted octanol–water partition coefficient (Wildman–Crippen LogP) is 4.83. The Morgan fingerprint density at radius 2 is 2.00 bits per heavy atom. The van der Waals surface area contributed by atoms with E-state index in [1.807, 2.05) is 24.3 Å². The quantitative estimate of drug-likeness (QED) is 0.433. The van der Waals surface area contributed by atoms with Crippen molar-refractivity contribution in [3.05, 3.63) is 64.6 Å². The number of fused-ring (bicyclic) bond motifs is 1. The number of aromatic nitrogens is 3. The van der Waals surface area contributed by atoms with Crippen LogP contribution in [0.3, 0.4) is 0 Å². The molecule has 5 nitrogen and oxygen atoms in total. The molecule has 0 N–H and O–H groups in total. The zero-order valence-electron chi connectivity index (χ0n) is 15.5. The Morgan fingerprint density at radius 3 is 2.70 bits per heavy atom. The molecule has 3 aromatic rings. The highest BCUT2D eigenvalue weighted by atomic mass is 35.5. The molecule has 0 unspecified atom stereocenters. The van der Waals surface area contributed by atoms with Gasteiger partial charge in [-0.25, -0.2) is 14.3 Å². The van der Waals surface area contributed by atoms with E-state index >= 15 is 0 Å². The molecule has 0 amide bonds. The Morgan fingerprint density at radius 1 is 1.22 bits per heavy atom. The van der Waals surface area contributed by atoms with E-state index in [2.05, 4.69) is 17.0 Å². The van der Waals surface area contributed by atoms with Crippen LogP contribution in [0.25, 0.3) is 17.3 Å². The van der Waals surface area contributed by atoms with E-state index in [-0.39, 0.29) is 0 Å². The smallest absolute Gasteiger partial charge is 0.340 e. The third-order valence-corrected chi connectivity index (χ3v) is 4.40. The van der Waals surface area contributed by atoms with Crippen LogP contribution in [0.1, 0.15) is 43.6 Å². The number of rotatable bonds is 7. The minimum atomic E-state index is -0.392. The van der Waals surface area contributed by atoms with Crippen molar-refractivity contribution in [3.8, 4) is 0 Å². The maximum atomic E-state index is 12.7. The van der Waals surface area contributed by atoms with Gasteiger partial charge in [0, 0.05) is 16.8 Å².